The highest BCUT2D eigenvalue weighted by molar-refractivity contribution is 7.72. The number of thiophene rings is 1. The lowest BCUT2D eigenvalue weighted by Gasteiger charge is -2.29. The zero-order valence-electron chi connectivity index (χ0n) is 7.64. The minimum Gasteiger partial charge on any atom is -0.323 e. The van der Waals surface area contributed by atoms with E-state index in [1.54, 1.807) is 0 Å². The second kappa shape index (κ2) is 3.79. The van der Waals surface area contributed by atoms with Crippen molar-refractivity contribution < 1.29 is 28.7 Å². The Morgan fingerprint density at radius 3 is 1.93 bits per heavy atom. The molecule has 4 N–H and O–H groups in total. The van der Waals surface area contributed by atoms with Crippen LogP contribution in [0.2, 0.25) is 0 Å². The molecule has 0 radical (unpaired) electrons. The maximum Gasteiger partial charge on any atom is 0.348 e. The normalized spacial score (nSPS) is 14.2. The summed E-state index contributed by atoms with van der Waals surface area (Å²) < 4.78 is 22.4. The van der Waals surface area contributed by atoms with E-state index in [4.69, 9.17) is 19.6 Å². The Kier molecular flexibility index (Phi) is 3.30. The van der Waals surface area contributed by atoms with E-state index >= 15 is 0 Å². The monoisotopic (exact) mass is 272 g/mol. The average molecular weight is 272 g/mol. The Morgan fingerprint density at radius 1 is 1.20 bits per heavy atom. The van der Waals surface area contributed by atoms with Gasteiger partial charge in [0.05, 0.1) is 0 Å². The lowest BCUT2D eigenvalue weighted by Crippen LogP contribution is -2.20. The van der Waals surface area contributed by atoms with Crippen LogP contribution in [0.3, 0.4) is 0 Å². The van der Waals surface area contributed by atoms with Crippen LogP contribution in [0.15, 0.2) is 17.5 Å². The van der Waals surface area contributed by atoms with E-state index in [0.29, 0.717) is 0 Å². The topological polar surface area (TPSA) is 115 Å². The van der Waals surface area contributed by atoms with Gasteiger partial charge in [-0.15, -0.1) is 11.3 Å². The highest BCUT2D eigenvalue weighted by Crippen LogP contribution is 2.74. The van der Waals surface area contributed by atoms with E-state index in [-0.39, 0.29) is 4.88 Å². The third kappa shape index (κ3) is 2.10. The second-order valence-corrected chi connectivity index (χ2v) is 8.35. The third-order valence-electron chi connectivity index (χ3n) is 2.12. The second-order valence-electron chi connectivity index (χ2n) is 3.09. The van der Waals surface area contributed by atoms with Crippen molar-refractivity contribution >= 4 is 26.5 Å². The first-order valence-corrected chi connectivity index (χ1v) is 7.86. The van der Waals surface area contributed by atoms with Crippen LogP contribution in [0.25, 0.3) is 0 Å². The first-order chi connectivity index (χ1) is 6.61. The number of rotatable bonds is 3. The Bertz CT molecular complexity index is 406. The Hall–Kier alpha value is -0.0000000000000000971. The molecule has 1 rings (SSSR count). The molecule has 0 amide bonds. The summed E-state index contributed by atoms with van der Waals surface area (Å²) in [5.41, 5.74) is 0. The van der Waals surface area contributed by atoms with E-state index in [9.17, 15) is 9.13 Å². The molecule has 0 aliphatic heterocycles. The van der Waals surface area contributed by atoms with Crippen LogP contribution in [-0.4, -0.2) is 19.6 Å². The van der Waals surface area contributed by atoms with Crippen molar-refractivity contribution in [2.75, 3.05) is 0 Å². The molecule has 6 nitrogen and oxygen atoms in total. The van der Waals surface area contributed by atoms with Gasteiger partial charge >= 0.3 is 15.2 Å². The number of hydrogen-bond donors (Lipinski definition) is 4. The quantitative estimate of drug-likeness (QED) is 0.616. The van der Waals surface area contributed by atoms with Crippen LogP contribution in [-0.2, 0) is 14.0 Å². The summed E-state index contributed by atoms with van der Waals surface area (Å²) in [6.45, 7) is 0.875. The summed E-state index contributed by atoms with van der Waals surface area (Å²) in [5, 5.41) is 1.50. The van der Waals surface area contributed by atoms with Crippen LogP contribution < -0.4 is 0 Å². The van der Waals surface area contributed by atoms with Crippen molar-refractivity contribution in [3.8, 4) is 0 Å². The predicted molar refractivity (Wildman–Crippen MR) is 55.8 cm³/mol. The van der Waals surface area contributed by atoms with Crippen molar-refractivity contribution in [2.45, 2.75) is 11.8 Å². The molecular formula is C6H10O6P2S. The first kappa shape index (κ1) is 13.1. The summed E-state index contributed by atoms with van der Waals surface area (Å²) in [6.07, 6.45) is 0. The van der Waals surface area contributed by atoms with Gasteiger partial charge in [-0.05, 0) is 18.4 Å². The molecule has 15 heavy (non-hydrogen) atoms. The summed E-state index contributed by atoms with van der Waals surface area (Å²) in [7, 11) is -9.90. The summed E-state index contributed by atoms with van der Waals surface area (Å²) in [4.78, 5) is 33.8. The maximum absolute atomic E-state index is 11.2. The van der Waals surface area contributed by atoms with Gasteiger partial charge in [-0.2, -0.15) is 0 Å². The number of hydrogen-bond acceptors (Lipinski definition) is 3. The van der Waals surface area contributed by atoms with Gasteiger partial charge in [-0.3, -0.25) is 9.13 Å². The molecule has 0 aliphatic carbocycles. The molecular weight excluding hydrogens is 262 g/mol. The highest BCUT2D eigenvalue weighted by Gasteiger charge is 2.58. The largest absolute Gasteiger partial charge is 0.348 e. The summed E-state index contributed by atoms with van der Waals surface area (Å²) >= 11 is 0.899. The minimum absolute atomic E-state index is 0.0239. The Morgan fingerprint density at radius 2 is 1.67 bits per heavy atom. The van der Waals surface area contributed by atoms with Gasteiger partial charge in [-0.1, -0.05) is 6.07 Å². The molecule has 0 spiro atoms. The fourth-order valence-electron chi connectivity index (χ4n) is 1.00. The van der Waals surface area contributed by atoms with Gasteiger partial charge in [0, 0.05) is 4.88 Å². The molecule has 0 fully saturated rings. The predicted octanol–water partition coefficient (Wildman–Crippen LogP) is 1.28. The van der Waals surface area contributed by atoms with E-state index in [1.807, 2.05) is 0 Å². The first-order valence-electron chi connectivity index (χ1n) is 3.76. The van der Waals surface area contributed by atoms with Crippen molar-refractivity contribution in [1.82, 2.24) is 0 Å². The molecule has 0 aromatic carbocycles. The van der Waals surface area contributed by atoms with E-state index < -0.39 is 20.1 Å². The fourth-order valence-corrected chi connectivity index (χ4v) is 4.80. The molecule has 86 valence electrons. The lowest BCUT2D eigenvalue weighted by molar-refractivity contribution is 0.315. The van der Waals surface area contributed by atoms with Crippen molar-refractivity contribution in [3.05, 3.63) is 22.4 Å². The van der Waals surface area contributed by atoms with Crippen LogP contribution in [0.1, 0.15) is 11.8 Å². The molecule has 1 aromatic heterocycles. The van der Waals surface area contributed by atoms with Gasteiger partial charge in [0.1, 0.15) is 0 Å². The summed E-state index contributed by atoms with van der Waals surface area (Å²) in [5.74, 6) is 0. The lowest BCUT2D eigenvalue weighted by atomic mass is 10.4. The molecule has 0 bridgehead atoms. The molecule has 0 saturated carbocycles. The van der Waals surface area contributed by atoms with E-state index in [2.05, 4.69) is 0 Å². The van der Waals surface area contributed by atoms with E-state index in [0.717, 1.165) is 18.3 Å². The molecule has 1 heterocycles. The van der Waals surface area contributed by atoms with Gasteiger partial charge in [-0.25, -0.2) is 0 Å². The van der Waals surface area contributed by atoms with E-state index in [1.165, 1.54) is 17.5 Å². The molecule has 0 aliphatic rings. The smallest absolute Gasteiger partial charge is 0.323 e. The summed E-state index contributed by atoms with van der Waals surface area (Å²) in [6, 6.07) is 2.77. The fraction of sp³-hybridized carbons (Fsp3) is 0.333. The zero-order chi connectivity index (χ0) is 11.9. The molecule has 0 unspecified atom stereocenters. The Labute approximate surface area is 89.9 Å². The van der Waals surface area contributed by atoms with Crippen molar-refractivity contribution in [2.24, 2.45) is 0 Å². The van der Waals surface area contributed by atoms with Gasteiger partial charge in [0.2, 0.25) is 4.90 Å². The average Bonchev–Trinajstić information content (AvgIpc) is 2.49. The van der Waals surface area contributed by atoms with Gasteiger partial charge in [0.15, 0.2) is 0 Å². The highest BCUT2D eigenvalue weighted by atomic mass is 32.1. The van der Waals surface area contributed by atoms with Crippen LogP contribution >= 0.6 is 26.5 Å². The zero-order valence-corrected chi connectivity index (χ0v) is 10.2. The molecule has 1 aromatic rings. The van der Waals surface area contributed by atoms with Crippen LogP contribution in [0.4, 0.5) is 0 Å². The molecule has 0 saturated heterocycles. The van der Waals surface area contributed by atoms with Gasteiger partial charge < -0.3 is 19.6 Å². The molecule has 9 heteroatoms. The third-order valence-corrected chi connectivity index (χ3v) is 7.83. The standard InChI is InChI=1S/C6H10O6P2S/c1-6(13(7,8)9,14(10,11)12)5-3-2-4-15-5/h2-4H,1H3,(H2,7,8,9)(H2,10,11,12). The SMILES string of the molecule is CC(c1cccs1)(P(=O)(O)O)P(=O)(O)O. The maximum atomic E-state index is 11.2. The minimum atomic E-state index is -4.95. The molecule has 0 atom stereocenters. The van der Waals surface area contributed by atoms with Crippen molar-refractivity contribution in [3.63, 3.8) is 0 Å². The van der Waals surface area contributed by atoms with Crippen LogP contribution in [0.5, 0.6) is 0 Å². The van der Waals surface area contributed by atoms with Gasteiger partial charge in [0.25, 0.3) is 0 Å². The van der Waals surface area contributed by atoms with Crippen molar-refractivity contribution in [1.29, 1.82) is 0 Å². The van der Waals surface area contributed by atoms with Crippen LogP contribution in [0, 0.1) is 0 Å². The Balaban J connectivity index is 3.47.